The third-order valence-electron chi connectivity index (χ3n) is 3.56. The van der Waals surface area contributed by atoms with Crippen molar-refractivity contribution in [3.05, 3.63) is 40.0 Å². The molecule has 0 heterocycles. The molecule has 2 atom stereocenters. The van der Waals surface area contributed by atoms with E-state index in [2.05, 4.69) is 22.6 Å². The molecule has 0 aliphatic carbocycles. The van der Waals surface area contributed by atoms with Gasteiger partial charge < -0.3 is 14.7 Å². The molecule has 0 saturated carbocycles. The van der Waals surface area contributed by atoms with Gasteiger partial charge in [-0.1, -0.05) is 6.08 Å². The maximum absolute atomic E-state index is 11.5. The summed E-state index contributed by atoms with van der Waals surface area (Å²) in [5.74, 6) is 0.509. The van der Waals surface area contributed by atoms with Crippen LogP contribution >= 0.6 is 22.6 Å². The average molecular weight is 446 g/mol. The maximum Gasteiger partial charge on any atom is 0.407 e. The first-order valence-corrected chi connectivity index (χ1v) is 8.60. The number of hydrogen-bond acceptors (Lipinski definition) is 3. The number of ether oxygens (including phenoxy) is 1. The van der Waals surface area contributed by atoms with Crippen molar-refractivity contribution in [1.82, 2.24) is 9.80 Å². The van der Waals surface area contributed by atoms with E-state index in [1.165, 1.54) is 15.9 Å². The standard InChI is InChI=1S/C17H23IN2O4/c1-12(13(2)24-15-9-7-14(18)8-10-15)20(17(22)23)11-5-6-16(21)19(3)4/h5-10,12-13H,11H2,1-4H3,(H,22,23)/b6-5+. The topological polar surface area (TPSA) is 70.1 Å². The minimum atomic E-state index is -1.05. The van der Waals surface area contributed by atoms with Gasteiger partial charge in [0.05, 0.1) is 6.04 Å². The van der Waals surface area contributed by atoms with Crippen LogP contribution in [0.25, 0.3) is 0 Å². The smallest absolute Gasteiger partial charge is 0.407 e. The molecule has 1 aromatic carbocycles. The van der Waals surface area contributed by atoms with Gasteiger partial charge >= 0.3 is 6.09 Å². The summed E-state index contributed by atoms with van der Waals surface area (Å²) in [6.45, 7) is 3.73. The van der Waals surface area contributed by atoms with Crippen molar-refractivity contribution < 1.29 is 19.4 Å². The number of nitrogens with zero attached hydrogens (tertiary/aromatic N) is 2. The first kappa shape index (κ1) is 20.3. The van der Waals surface area contributed by atoms with Crippen LogP contribution in [0.1, 0.15) is 13.8 Å². The number of carbonyl (C=O) groups is 2. The zero-order valence-electron chi connectivity index (χ0n) is 14.3. The summed E-state index contributed by atoms with van der Waals surface area (Å²) in [6.07, 6.45) is 1.53. The van der Waals surface area contributed by atoms with E-state index in [1.54, 1.807) is 27.1 Å². The molecule has 0 bridgehead atoms. The number of rotatable bonds is 7. The molecule has 2 amide bonds. The molecule has 132 valence electrons. The molecule has 0 saturated heterocycles. The van der Waals surface area contributed by atoms with Crippen LogP contribution in [0.3, 0.4) is 0 Å². The van der Waals surface area contributed by atoms with Crippen LogP contribution in [0.15, 0.2) is 36.4 Å². The quantitative estimate of drug-likeness (QED) is 0.517. The molecule has 1 N–H and O–H groups in total. The highest BCUT2D eigenvalue weighted by Gasteiger charge is 2.24. The summed E-state index contributed by atoms with van der Waals surface area (Å²) in [5, 5.41) is 9.41. The second kappa shape index (κ2) is 9.51. The molecule has 7 heteroatoms. The zero-order valence-corrected chi connectivity index (χ0v) is 16.4. The Hall–Kier alpha value is -1.77. The van der Waals surface area contributed by atoms with Gasteiger partial charge in [-0.15, -0.1) is 0 Å². The molecule has 2 unspecified atom stereocenters. The Morgan fingerprint density at radius 1 is 1.25 bits per heavy atom. The van der Waals surface area contributed by atoms with Crippen molar-refractivity contribution >= 4 is 34.6 Å². The van der Waals surface area contributed by atoms with Gasteiger partial charge in [0.15, 0.2) is 0 Å². The van der Waals surface area contributed by atoms with E-state index < -0.39 is 6.09 Å². The largest absolute Gasteiger partial charge is 0.489 e. The summed E-state index contributed by atoms with van der Waals surface area (Å²) < 4.78 is 6.92. The van der Waals surface area contributed by atoms with Gasteiger partial charge in [0, 0.05) is 30.3 Å². The lowest BCUT2D eigenvalue weighted by Gasteiger charge is -2.30. The monoisotopic (exact) mass is 446 g/mol. The number of halogens is 1. The maximum atomic E-state index is 11.5. The molecular weight excluding hydrogens is 423 g/mol. The van der Waals surface area contributed by atoms with Crippen LogP contribution in [0.4, 0.5) is 4.79 Å². The first-order valence-electron chi connectivity index (χ1n) is 7.52. The van der Waals surface area contributed by atoms with Crippen LogP contribution < -0.4 is 4.74 Å². The van der Waals surface area contributed by atoms with E-state index in [9.17, 15) is 14.7 Å². The number of carboxylic acid groups (broad SMARTS) is 1. The van der Waals surface area contributed by atoms with Crippen LogP contribution in [0, 0.1) is 3.57 Å². The Kier molecular flexibility index (Phi) is 8.03. The number of amides is 2. The van der Waals surface area contributed by atoms with E-state index in [0.717, 1.165) is 3.57 Å². The molecule has 24 heavy (non-hydrogen) atoms. The normalized spacial score (nSPS) is 13.4. The summed E-state index contributed by atoms with van der Waals surface area (Å²) in [7, 11) is 3.28. The summed E-state index contributed by atoms with van der Waals surface area (Å²) in [6, 6.07) is 7.19. The van der Waals surface area contributed by atoms with E-state index in [4.69, 9.17) is 4.74 Å². The highest BCUT2D eigenvalue weighted by atomic mass is 127. The molecule has 0 fully saturated rings. The number of carbonyl (C=O) groups excluding carboxylic acids is 1. The van der Waals surface area contributed by atoms with Crippen LogP contribution in [-0.2, 0) is 4.79 Å². The zero-order chi connectivity index (χ0) is 18.3. The van der Waals surface area contributed by atoms with Crippen molar-refractivity contribution in [2.45, 2.75) is 26.0 Å². The Morgan fingerprint density at radius 2 is 1.83 bits per heavy atom. The Labute approximate surface area is 156 Å². The van der Waals surface area contributed by atoms with Gasteiger partial charge in [-0.25, -0.2) is 4.79 Å². The van der Waals surface area contributed by atoms with E-state index >= 15 is 0 Å². The van der Waals surface area contributed by atoms with Gasteiger partial charge in [0.2, 0.25) is 5.91 Å². The first-order chi connectivity index (χ1) is 11.2. The van der Waals surface area contributed by atoms with Gasteiger partial charge in [-0.3, -0.25) is 9.69 Å². The number of likely N-dealkylation sites (N-methyl/N-ethyl adjacent to an activating group) is 1. The molecule has 0 radical (unpaired) electrons. The minimum absolute atomic E-state index is 0.121. The molecule has 0 aliphatic rings. The summed E-state index contributed by atoms with van der Waals surface area (Å²) in [5.41, 5.74) is 0. The minimum Gasteiger partial charge on any atom is -0.489 e. The second-order valence-electron chi connectivity index (χ2n) is 5.59. The Bertz CT molecular complexity index is 587. The highest BCUT2D eigenvalue weighted by molar-refractivity contribution is 14.1. The van der Waals surface area contributed by atoms with E-state index in [0.29, 0.717) is 5.75 Å². The summed E-state index contributed by atoms with van der Waals surface area (Å²) >= 11 is 2.21. The molecule has 0 spiro atoms. The summed E-state index contributed by atoms with van der Waals surface area (Å²) in [4.78, 5) is 25.7. The average Bonchev–Trinajstić information content (AvgIpc) is 2.52. The predicted octanol–water partition coefficient (Wildman–Crippen LogP) is 3.07. The van der Waals surface area contributed by atoms with E-state index in [1.807, 2.05) is 31.2 Å². The molecule has 1 aromatic rings. The lowest BCUT2D eigenvalue weighted by atomic mass is 10.2. The highest BCUT2D eigenvalue weighted by Crippen LogP contribution is 2.17. The van der Waals surface area contributed by atoms with Crippen molar-refractivity contribution in [2.75, 3.05) is 20.6 Å². The number of hydrogen-bond donors (Lipinski definition) is 1. The second-order valence-corrected chi connectivity index (χ2v) is 6.83. The van der Waals surface area contributed by atoms with E-state index in [-0.39, 0.29) is 24.6 Å². The van der Waals surface area contributed by atoms with Crippen LogP contribution in [-0.4, -0.2) is 59.7 Å². The third-order valence-corrected chi connectivity index (χ3v) is 4.27. The van der Waals surface area contributed by atoms with Gasteiger partial charge in [0.25, 0.3) is 0 Å². The fourth-order valence-electron chi connectivity index (χ4n) is 1.91. The molecule has 1 rings (SSSR count). The van der Waals surface area contributed by atoms with Crippen molar-refractivity contribution in [3.63, 3.8) is 0 Å². The molecule has 6 nitrogen and oxygen atoms in total. The third kappa shape index (κ3) is 6.38. The molecule has 0 aromatic heterocycles. The SMILES string of the molecule is CC(Oc1ccc(I)cc1)C(C)N(C/C=C/C(=O)N(C)C)C(=O)O. The van der Waals surface area contributed by atoms with Crippen LogP contribution in [0.2, 0.25) is 0 Å². The predicted molar refractivity (Wildman–Crippen MR) is 101 cm³/mol. The van der Waals surface area contributed by atoms with Gasteiger partial charge in [-0.2, -0.15) is 0 Å². The number of benzene rings is 1. The fraction of sp³-hybridized carbons (Fsp3) is 0.412. The van der Waals surface area contributed by atoms with Crippen molar-refractivity contribution in [3.8, 4) is 5.75 Å². The van der Waals surface area contributed by atoms with Gasteiger partial charge in [-0.05, 0) is 60.7 Å². The lowest BCUT2D eigenvalue weighted by molar-refractivity contribution is -0.123. The fourth-order valence-corrected chi connectivity index (χ4v) is 2.27. The lowest BCUT2D eigenvalue weighted by Crippen LogP contribution is -2.45. The Balaban J connectivity index is 2.70. The van der Waals surface area contributed by atoms with Crippen molar-refractivity contribution in [2.24, 2.45) is 0 Å². The van der Waals surface area contributed by atoms with Gasteiger partial charge in [0.1, 0.15) is 11.9 Å². The Morgan fingerprint density at radius 3 is 2.33 bits per heavy atom. The van der Waals surface area contributed by atoms with Crippen LogP contribution in [0.5, 0.6) is 5.75 Å². The van der Waals surface area contributed by atoms with Crippen molar-refractivity contribution in [1.29, 1.82) is 0 Å². The molecule has 0 aliphatic heterocycles. The molecular formula is C17H23IN2O4.